The second-order valence-corrected chi connectivity index (χ2v) is 5.76. The number of halogens is 2. The van der Waals surface area contributed by atoms with Crippen molar-refractivity contribution in [3.63, 3.8) is 0 Å². The first-order valence-corrected chi connectivity index (χ1v) is 7.61. The summed E-state index contributed by atoms with van der Waals surface area (Å²) in [5.74, 6) is -3.43. The van der Waals surface area contributed by atoms with Gasteiger partial charge in [0.15, 0.2) is 24.0 Å². The smallest absolute Gasteiger partial charge is 0.338 e. The third kappa shape index (κ3) is 3.28. The van der Waals surface area contributed by atoms with Crippen LogP contribution in [0.25, 0.3) is 10.9 Å². The number of H-pyrrole nitrogens is 1. The highest BCUT2D eigenvalue weighted by molar-refractivity contribution is 6.00. The molecule has 1 aromatic heterocycles. The molecule has 0 atom stereocenters. The topological polar surface area (TPSA) is 59.2 Å². The van der Waals surface area contributed by atoms with E-state index >= 15 is 0 Å². The van der Waals surface area contributed by atoms with Crippen LogP contribution in [0.1, 0.15) is 32.0 Å². The van der Waals surface area contributed by atoms with Crippen LogP contribution in [0.2, 0.25) is 0 Å². The molecule has 0 spiro atoms. The molecule has 0 saturated heterocycles. The van der Waals surface area contributed by atoms with E-state index < -0.39 is 30.0 Å². The van der Waals surface area contributed by atoms with Gasteiger partial charge in [-0.25, -0.2) is 13.6 Å². The van der Waals surface area contributed by atoms with Crippen LogP contribution >= 0.6 is 0 Å². The summed E-state index contributed by atoms with van der Waals surface area (Å²) in [5.41, 5.74) is 3.20. The Balaban J connectivity index is 1.72. The van der Waals surface area contributed by atoms with Crippen LogP contribution < -0.4 is 0 Å². The second-order valence-electron chi connectivity index (χ2n) is 5.76. The molecule has 0 amide bonds. The van der Waals surface area contributed by atoms with Gasteiger partial charge in [0.2, 0.25) is 0 Å². The number of ether oxygens (including phenoxy) is 1. The summed E-state index contributed by atoms with van der Waals surface area (Å²) in [7, 11) is 0. The number of hydrogen-bond donors (Lipinski definition) is 1. The molecule has 3 rings (SSSR count). The molecule has 0 unspecified atom stereocenters. The Morgan fingerprint density at radius 2 is 1.72 bits per heavy atom. The Morgan fingerprint density at radius 1 is 1.00 bits per heavy atom. The van der Waals surface area contributed by atoms with Gasteiger partial charge in [0, 0.05) is 22.2 Å². The Morgan fingerprint density at radius 3 is 2.44 bits per heavy atom. The van der Waals surface area contributed by atoms with Gasteiger partial charge < -0.3 is 9.72 Å². The lowest BCUT2D eigenvalue weighted by molar-refractivity contribution is 0.0475. The van der Waals surface area contributed by atoms with Crippen molar-refractivity contribution in [1.82, 2.24) is 4.98 Å². The molecule has 0 aliphatic carbocycles. The van der Waals surface area contributed by atoms with E-state index in [-0.39, 0.29) is 5.56 Å². The van der Waals surface area contributed by atoms with Crippen molar-refractivity contribution in [2.75, 3.05) is 6.61 Å². The molecule has 0 bridgehead atoms. The lowest BCUT2D eigenvalue weighted by Gasteiger charge is -2.05. The van der Waals surface area contributed by atoms with E-state index in [0.29, 0.717) is 5.56 Å². The van der Waals surface area contributed by atoms with E-state index in [1.807, 2.05) is 13.8 Å². The first kappa shape index (κ1) is 16.8. The Bertz CT molecular complexity index is 992. The predicted octanol–water partition coefficient (Wildman–Crippen LogP) is 4.10. The van der Waals surface area contributed by atoms with Gasteiger partial charge in [-0.15, -0.1) is 0 Å². The number of ketones is 1. The lowest BCUT2D eigenvalue weighted by Crippen LogP contribution is -2.14. The van der Waals surface area contributed by atoms with Crippen LogP contribution in [0.3, 0.4) is 0 Å². The van der Waals surface area contributed by atoms with Crippen molar-refractivity contribution < 1.29 is 23.1 Å². The number of aryl methyl sites for hydroxylation is 2. The minimum atomic E-state index is -1.12. The van der Waals surface area contributed by atoms with Crippen molar-refractivity contribution in [3.8, 4) is 0 Å². The average molecular weight is 343 g/mol. The highest BCUT2D eigenvalue weighted by Crippen LogP contribution is 2.22. The van der Waals surface area contributed by atoms with Gasteiger partial charge in [0.1, 0.15) is 0 Å². The maximum atomic E-state index is 13.2. The van der Waals surface area contributed by atoms with Crippen molar-refractivity contribution in [1.29, 1.82) is 0 Å². The minimum Gasteiger partial charge on any atom is -0.454 e. The number of carbonyl (C=O) groups is 2. The first-order chi connectivity index (χ1) is 11.9. The van der Waals surface area contributed by atoms with Gasteiger partial charge in [-0.1, -0.05) is 0 Å². The van der Waals surface area contributed by atoms with Gasteiger partial charge in [-0.3, -0.25) is 4.79 Å². The quantitative estimate of drug-likeness (QED) is 0.573. The van der Waals surface area contributed by atoms with Crippen LogP contribution in [-0.4, -0.2) is 23.3 Å². The molecule has 4 nitrogen and oxygen atoms in total. The summed E-state index contributed by atoms with van der Waals surface area (Å²) in [6, 6.07) is 7.84. The molecule has 0 radical (unpaired) electrons. The van der Waals surface area contributed by atoms with E-state index in [1.165, 1.54) is 0 Å². The minimum absolute atomic E-state index is 0.0562. The molecule has 25 heavy (non-hydrogen) atoms. The largest absolute Gasteiger partial charge is 0.454 e. The Kier molecular flexibility index (Phi) is 4.35. The summed E-state index contributed by atoms with van der Waals surface area (Å²) in [5, 5.41) is 0.902. The van der Waals surface area contributed by atoms with Crippen molar-refractivity contribution in [2.24, 2.45) is 0 Å². The van der Waals surface area contributed by atoms with E-state index in [9.17, 15) is 18.4 Å². The van der Waals surface area contributed by atoms with Crippen molar-refractivity contribution in [3.05, 3.63) is 70.4 Å². The van der Waals surface area contributed by atoms with Gasteiger partial charge in [0.25, 0.3) is 0 Å². The monoisotopic (exact) mass is 343 g/mol. The maximum Gasteiger partial charge on any atom is 0.338 e. The van der Waals surface area contributed by atoms with Gasteiger partial charge >= 0.3 is 5.97 Å². The Labute approximate surface area is 142 Å². The molecule has 1 N–H and O–H groups in total. The summed E-state index contributed by atoms with van der Waals surface area (Å²) in [6.07, 6.45) is 0. The molecule has 2 aromatic carbocycles. The van der Waals surface area contributed by atoms with E-state index in [2.05, 4.69) is 4.98 Å². The SMILES string of the molecule is Cc1[nH]c2ccc(C(=O)OCC(=O)c3ccc(F)c(F)c3)cc2c1C. The summed E-state index contributed by atoms with van der Waals surface area (Å²) in [6.45, 7) is 3.33. The fourth-order valence-electron chi connectivity index (χ4n) is 2.56. The molecule has 0 aliphatic rings. The number of rotatable bonds is 4. The maximum absolute atomic E-state index is 13.2. The van der Waals surface area contributed by atoms with Gasteiger partial charge in [-0.2, -0.15) is 0 Å². The standard InChI is InChI=1S/C19H15F2NO3/c1-10-11(2)22-17-6-4-13(7-14(10)17)19(24)25-9-18(23)12-3-5-15(20)16(21)8-12/h3-8,22H,9H2,1-2H3. The molecular formula is C19H15F2NO3. The molecular weight excluding hydrogens is 328 g/mol. The van der Waals surface area contributed by atoms with Crippen LogP contribution in [0.4, 0.5) is 8.78 Å². The summed E-state index contributed by atoms with van der Waals surface area (Å²) < 4.78 is 31.0. The van der Waals surface area contributed by atoms with Crippen LogP contribution in [-0.2, 0) is 4.74 Å². The van der Waals surface area contributed by atoms with Crippen LogP contribution in [0.5, 0.6) is 0 Å². The number of fused-ring (bicyclic) bond motifs is 1. The van der Waals surface area contributed by atoms with Crippen LogP contribution in [0, 0.1) is 25.5 Å². The summed E-state index contributed by atoms with van der Waals surface area (Å²) in [4.78, 5) is 27.3. The first-order valence-electron chi connectivity index (χ1n) is 7.61. The molecule has 6 heteroatoms. The normalized spacial score (nSPS) is 10.9. The molecule has 0 fully saturated rings. The fourth-order valence-corrected chi connectivity index (χ4v) is 2.56. The average Bonchev–Trinajstić information content (AvgIpc) is 2.88. The van der Waals surface area contributed by atoms with E-state index in [0.717, 1.165) is 40.4 Å². The number of aromatic amines is 1. The zero-order valence-electron chi connectivity index (χ0n) is 13.7. The predicted molar refractivity (Wildman–Crippen MR) is 88.7 cm³/mol. The Hall–Kier alpha value is -3.02. The molecule has 1 heterocycles. The molecule has 3 aromatic rings. The van der Waals surface area contributed by atoms with Crippen LogP contribution in [0.15, 0.2) is 36.4 Å². The number of esters is 1. The van der Waals surface area contributed by atoms with E-state index in [4.69, 9.17) is 4.74 Å². The van der Waals surface area contributed by atoms with Gasteiger partial charge in [0.05, 0.1) is 5.56 Å². The van der Waals surface area contributed by atoms with Crippen molar-refractivity contribution in [2.45, 2.75) is 13.8 Å². The van der Waals surface area contributed by atoms with Crippen molar-refractivity contribution >= 4 is 22.7 Å². The zero-order chi connectivity index (χ0) is 18.1. The number of hydrogen-bond acceptors (Lipinski definition) is 3. The van der Waals surface area contributed by atoms with E-state index in [1.54, 1.807) is 18.2 Å². The molecule has 128 valence electrons. The highest BCUT2D eigenvalue weighted by atomic mass is 19.2. The fraction of sp³-hybridized carbons (Fsp3) is 0.158. The third-order valence-corrected chi connectivity index (χ3v) is 4.12. The third-order valence-electron chi connectivity index (χ3n) is 4.12. The number of carbonyl (C=O) groups excluding carboxylic acids is 2. The highest BCUT2D eigenvalue weighted by Gasteiger charge is 2.15. The second kappa shape index (κ2) is 6.47. The number of aromatic nitrogens is 1. The number of nitrogens with one attached hydrogen (secondary N) is 1. The molecule has 0 saturated carbocycles. The molecule has 0 aliphatic heterocycles. The number of Topliss-reactive ketones (excluding diaryl/α,β-unsaturated/α-hetero) is 1. The van der Waals surface area contributed by atoms with Gasteiger partial charge in [-0.05, 0) is 55.8 Å². The zero-order valence-corrected chi connectivity index (χ0v) is 13.7. The summed E-state index contributed by atoms with van der Waals surface area (Å²) >= 11 is 0. The number of benzene rings is 2. The lowest BCUT2D eigenvalue weighted by atomic mass is 10.1.